The number of anilines is 1. The highest BCUT2D eigenvalue weighted by molar-refractivity contribution is 6.30. The molecule has 1 aromatic heterocycles. The van der Waals surface area contributed by atoms with Gasteiger partial charge in [-0.25, -0.2) is 4.68 Å². The summed E-state index contributed by atoms with van der Waals surface area (Å²) >= 11 is 5.96. The van der Waals surface area contributed by atoms with Gasteiger partial charge in [0.15, 0.2) is 0 Å². The Morgan fingerprint density at radius 1 is 1.47 bits per heavy atom. The summed E-state index contributed by atoms with van der Waals surface area (Å²) in [5.41, 5.74) is 8.45. The molecule has 0 fully saturated rings. The van der Waals surface area contributed by atoms with Gasteiger partial charge in [0, 0.05) is 18.1 Å². The normalized spacial score (nSPS) is 10.5. The first-order valence-corrected chi connectivity index (χ1v) is 5.84. The average Bonchev–Trinajstić information content (AvgIpc) is 2.68. The third-order valence-electron chi connectivity index (χ3n) is 2.52. The van der Waals surface area contributed by atoms with Gasteiger partial charge in [-0.3, -0.25) is 0 Å². The number of aromatic nitrogens is 2. The fourth-order valence-corrected chi connectivity index (χ4v) is 1.84. The molecule has 0 spiro atoms. The van der Waals surface area contributed by atoms with Gasteiger partial charge in [0.2, 0.25) is 0 Å². The van der Waals surface area contributed by atoms with Crippen molar-refractivity contribution in [2.75, 3.05) is 18.4 Å². The molecule has 0 saturated carbocycles. The Kier molecular flexibility index (Phi) is 3.66. The number of rotatable bonds is 4. The Hall–Kier alpha value is -1.52. The van der Waals surface area contributed by atoms with Gasteiger partial charge in [-0.1, -0.05) is 17.7 Å². The highest BCUT2D eigenvalue weighted by atomic mass is 35.5. The van der Waals surface area contributed by atoms with Crippen molar-refractivity contribution in [1.82, 2.24) is 9.78 Å². The van der Waals surface area contributed by atoms with E-state index in [0.717, 1.165) is 23.6 Å². The molecule has 0 radical (unpaired) electrons. The van der Waals surface area contributed by atoms with Crippen LogP contribution in [0, 0.1) is 6.92 Å². The molecule has 2 aromatic rings. The number of nitrogens with zero attached hydrogens (tertiary/aromatic N) is 2. The number of benzene rings is 1. The van der Waals surface area contributed by atoms with Crippen LogP contribution in [0.1, 0.15) is 5.69 Å². The van der Waals surface area contributed by atoms with Crippen LogP contribution in [0.25, 0.3) is 5.69 Å². The first-order valence-electron chi connectivity index (χ1n) is 5.47. The summed E-state index contributed by atoms with van der Waals surface area (Å²) in [5, 5.41) is 8.26. The maximum atomic E-state index is 5.96. The quantitative estimate of drug-likeness (QED) is 0.875. The lowest BCUT2D eigenvalue weighted by atomic mass is 10.3. The highest BCUT2D eigenvalue weighted by Crippen LogP contribution is 2.20. The minimum Gasteiger partial charge on any atom is -0.381 e. The molecule has 3 N–H and O–H groups in total. The molecule has 90 valence electrons. The van der Waals surface area contributed by atoms with Crippen molar-refractivity contribution in [3.05, 3.63) is 41.2 Å². The van der Waals surface area contributed by atoms with Crippen molar-refractivity contribution in [3.8, 4) is 5.69 Å². The van der Waals surface area contributed by atoms with Crippen LogP contribution in [0.15, 0.2) is 30.5 Å². The second-order valence-corrected chi connectivity index (χ2v) is 4.19. The van der Waals surface area contributed by atoms with Gasteiger partial charge >= 0.3 is 0 Å². The van der Waals surface area contributed by atoms with Gasteiger partial charge in [-0.05, 0) is 25.1 Å². The van der Waals surface area contributed by atoms with E-state index in [1.807, 2.05) is 35.9 Å². The third kappa shape index (κ3) is 2.60. The molecule has 1 heterocycles. The second kappa shape index (κ2) is 5.21. The Balaban J connectivity index is 2.30. The highest BCUT2D eigenvalue weighted by Gasteiger charge is 2.07. The van der Waals surface area contributed by atoms with E-state index < -0.39 is 0 Å². The number of hydrogen-bond donors (Lipinski definition) is 2. The summed E-state index contributed by atoms with van der Waals surface area (Å²) in [4.78, 5) is 0. The zero-order valence-corrected chi connectivity index (χ0v) is 10.4. The number of nitrogens with one attached hydrogen (secondary N) is 1. The lowest BCUT2D eigenvalue weighted by Crippen LogP contribution is -2.13. The molecular weight excluding hydrogens is 236 g/mol. The first-order chi connectivity index (χ1) is 8.22. The molecule has 2 rings (SSSR count). The Morgan fingerprint density at radius 2 is 2.29 bits per heavy atom. The third-order valence-corrected chi connectivity index (χ3v) is 2.76. The number of hydrogen-bond acceptors (Lipinski definition) is 3. The molecule has 0 bridgehead atoms. The summed E-state index contributed by atoms with van der Waals surface area (Å²) in [6.45, 7) is 3.34. The lowest BCUT2D eigenvalue weighted by molar-refractivity contribution is 0.847. The minimum atomic E-state index is 0.599. The molecule has 0 unspecified atom stereocenters. The van der Waals surface area contributed by atoms with Crippen LogP contribution < -0.4 is 11.1 Å². The molecule has 0 aliphatic carbocycles. The largest absolute Gasteiger partial charge is 0.381 e. The van der Waals surface area contributed by atoms with Crippen molar-refractivity contribution in [3.63, 3.8) is 0 Å². The van der Waals surface area contributed by atoms with Crippen LogP contribution in [0.2, 0.25) is 5.02 Å². The summed E-state index contributed by atoms with van der Waals surface area (Å²) in [7, 11) is 0. The Morgan fingerprint density at radius 3 is 3.00 bits per heavy atom. The fraction of sp³-hybridized carbons (Fsp3) is 0.250. The molecule has 0 atom stereocenters. The molecule has 5 heteroatoms. The fourth-order valence-electron chi connectivity index (χ4n) is 1.66. The first kappa shape index (κ1) is 12.0. The van der Waals surface area contributed by atoms with E-state index in [4.69, 9.17) is 17.3 Å². The summed E-state index contributed by atoms with van der Waals surface area (Å²) in [6, 6.07) is 7.61. The summed E-state index contributed by atoms with van der Waals surface area (Å²) < 4.78 is 1.85. The molecule has 1 aromatic carbocycles. The van der Waals surface area contributed by atoms with Crippen LogP contribution in [-0.2, 0) is 0 Å². The Labute approximate surface area is 105 Å². The van der Waals surface area contributed by atoms with Crippen molar-refractivity contribution in [2.24, 2.45) is 5.73 Å². The molecule has 17 heavy (non-hydrogen) atoms. The topological polar surface area (TPSA) is 55.9 Å². The molecule has 0 aliphatic rings. The van der Waals surface area contributed by atoms with E-state index in [1.165, 1.54) is 0 Å². The predicted molar refractivity (Wildman–Crippen MR) is 70.9 cm³/mol. The van der Waals surface area contributed by atoms with Gasteiger partial charge in [0.1, 0.15) is 0 Å². The van der Waals surface area contributed by atoms with E-state index in [2.05, 4.69) is 10.4 Å². The smallest absolute Gasteiger partial charge is 0.0761 e. The predicted octanol–water partition coefficient (Wildman–Crippen LogP) is 2.20. The van der Waals surface area contributed by atoms with E-state index in [-0.39, 0.29) is 0 Å². The maximum absolute atomic E-state index is 5.96. The number of nitrogens with two attached hydrogens (primary N) is 1. The average molecular weight is 251 g/mol. The van der Waals surface area contributed by atoms with Gasteiger partial charge in [0.05, 0.1) is 23.3 Å². The molecule has 0 aliphatic heterocycles. The zero-order valence-electron chi connectivity index (χ0n) is 9.65. The van der Waals surface area contributed by atoms with E-state index in [9.17, 15) is 0 Å². The second-order valence-electron chi connectivity index (χ2n) is 3.75. The van der Waals surface area contributed by atoms with Crippen molar-refractivity contribution in [1.29, 1.82) is 0 Å². The van der Waals surface area contributed by atoms with Crippen molar-refractivity contribution >= 4 is 17.3 Å². The van der Waals surface area contributed by atoms with Crippen LogP contribution >= 0.6 is 11.6 Å². The molecule has 4 nitrogen and oxygen atoms in total. The van der Waals surface area contributed by atoms with E-state index >= 15 is 0 Å². The standard InChI is InChI=1S/C12H15ClN4/c1-9-12(15-6-5-14)8-16-17(9)11-4-2-3-10(13)7-11/h2-4,7-8,15H,5-6,14H2,1H3. The van der Waals surface area contributed by atoms with Gasteiger partial charge in [0.25, 0.3) is 0 Å². The lowest BCUT2D eigenvalue weighted by Gasteiger charge is -2.06. The summed E-state index contributed by atoms with van der Waals surface area (Å²) in [5.74, 6) is 0. The van der Waals surface area contributed by atoms with E-state index in [0.29, 0.717) is 11.6 Å². The SMILES string of the molecule is Cc1c(NCCN)cnn1-c1cccc(Cl)c1. The van der Waals surface area contributed by atoms with Crippen LogP contribution in [0.3, 0.4) is 0 Å². The van der Waals surface area contributed by atoms with Gasteiger partial charge in [-0.2, -0.15) is 5.10 Å². The van der Waals surface area contributed by atoms with E-state index in [1.54, 1.807) is 6.20 Å². The number of halogens is 1. The molecule has 0 saturated heterocycles. The van der Waals surface area contributed by atoms with Crippen LogP contribution in [-0.4, -0.2) is 22.9 Å². The molecule has 0 amide bonds. The van der Waals surface area contributed by atoms with Crippen LogP contribution in [0.5, 0.6) is 0 Å². The Bertz CT molecular complexity index is 507. The zero-order chi connectivity index (χ0) is 12.3. The minimum absolute atomic E-state index is 0.599. The molecular formula is C12H15ClN4. The van der Waals surface area contributed by atoms with Gasteiger partial charge < -0.3 is 11.1 Å². The van der Waals surface area contributed by atoms with Crippen molar-refractivity contribution < 1.29 is 0 Å². The monoisotopic (exact) mass is 250 g/mol. The van der Waals surface area contributed by atoms with Gasteiger partial charge in [-0.15, -0.1) is 0 Å². The van der Waals surface area contributed by atoms with Crippen LogP contribution in [0.4, 0.5) is 5.69 Å². The summed E-state index contributed by atoms with van der Waals surface area (Å²) in [6.07, 6.45) is 1.80. The van der Waals surface area contributed by atoms with Crippen molar-refractivity contribution in [2.45, 2.75) is 6.92 Å². The maximum Gasteiger partial charge on any atom is 0.0761 e.